The van der Waals surface area contributed by atoms with Crippen LogP contribution in [-0.2, 0) is 19.6 Å². The number of sulfonamides is 1. The first-order valence-corrected chi connectivity index (χ1v) is 13.3. The van der Waals surface area contributed by atoms with E-state index in [4.69, 9.17) is 10.5 Å². The summed E-state index contributed by atoms with van der Waals surface area (Å²) in [4.78, 5) is 26.6. The zero-order valence-corrected chi connectivity index (χ0v) is 20.3. The Kier molecular flexibility index (Phi) is 5.57. The molecule has 3 fully saturated rings. The fourth-order valence-corrected chi connectivity index (χ4v) is 6.75. The number of nitrogens with one attached hydrogen (secondary N) is 1. The number of hydrogen-bond acceptors (Lipinski definition) is 7. The molecular formula is C22H30N6O5S. The van der Waals surface area contributed by atoms with Gasteiger partial charge in [-0.05, 0) is 30.2 Å². The number of ether oxygens (including phenoxy) is 1. The zero-order valence-electron chi connectivity index (χ0n) is 19.5. The van der Waals surface area contributed by atoms with Crippen LogP contribution in [0.15, 0.2) is 18.5 Å². The van der Waals surface area contributed by atoms with Crippen LogP contribution in [0.3, 0.4) is 0 Å². The summed E-state index contributed by atoms with van der Waals surface area (Å²) in [7, 11) is -1.68. The SMILES string of the molecule is COC1CCN(c2cc3c(N[C@@H]4C[C@@H]5CN(S(C)(=O)=O)C[C@@H]5[C@H]4C)c(C(N)=O)cnn3c2)C1=O. The molecule has 2 aromatic rings. The number of rotatable bonds is 6. The van der Waals surface area contributed by atoms with E-state index in [-0.39, 0.29) is 35.3 Å². The van der Waals surface area contributed by atoms with Gasteiger partial charge in [0.05, 0.1) is 41.1 Å². The minimum Gasteiger partial charge on any atom is -0.380 e. The van der Waals surface area contributed by atoms with Gasteiger partial charge in [0.1, 0.15) is 6.10 Å². The van der Waals surface area contributed by atoms with Crippen molar-refractivity contribution in [2.75, 3.05) is 43.2 Å². The second-order valence-corrected chi connectivity index (χ2v) is 11.7. The fourth-order valence-electron chi connectivity index (χ4n) is 5.84. The van der Waals surface area contributed by atoms with E-state index in [2.05, 4.69) is 17.3 Å². The van der Waals surface area contributed by atoms with Gasteiger partial charge in [-0.25, -0.2) is 17.2 Å². The molecule has 2 aromatic heterocycles. The number of aromatic nitrogens is 2. The molecule has 2 aliphatic heterocycles. The number of amides is 2. The van der Waals surface area contributed by atoms with Crippen molar-refractivity contribution in [1.29, 1.82) is 0 Å². The van der Waals surface area contributed by atoms with E-state index in [0.29, 0.717) is 42.9 Å². The smallest absolute Gasteiger partial charge is 0.256 e. The normalized spacial score (nSPS) is 29.8. The highest BCUT2D eigenvalue weighted by atomic mass is 32.2. The summed E-state index contributed by atoms with van der Waals surface area (Å²) in [6.07, 6.45) is 5.40. The van der Waals surface area contributed by atoms with Crippen LogP contribution in [0.5, 0.6) is 0 Å². The van der Waals surface area contributed by atoms with Crippen molar-refractivity contribution in [2.24, 2.45) is 23.5 Å². The zero-order chi connectivity index (χ0) is 24.4. The van der Waals surface area contributed by atoms with Crippen LogP contribution in [0.25, 0.3) is 5.52 Å². The van der Waals surface area contributed by atoms with Crippen LogP contribution in [0.4, 0.5) is 11.4 Å². The molecule has 12 heteroatoms. The average molecular weight is 491 g/mol. The molecule has 0 bridgehead atoms. The first-order valence-electron chi connectivity index (χ1n) is 11.5. The molecule has 4 heterocycles. The summed E-state index contributed by atoms with van der Waals surface area (Å²) in [5.74, 6) is 0.00908. The van der Waals surface area contributed by atoms with Crippen molar-refractivity contribution in [3.05, 3.63) is 24.0 Å². The summed E-state index contributed by atoms with van der Waals surface area (Å²) in [5, 5.41) is 7.88. The van der Waals surface area contributed by atoms with Gasteiger partial charge in [0.25, 0.3) is 11.8 Å². The third-order valence-electron chi connectivity index (χ3n) is 7.76. The maximum atomic E-state index is 12.6. The molecule has 0 radical (unpaired) electrons. The van der Waals surface area contributed by atoms with Crippen LogP contribution >= 0.6 is 0 Å². The van der Waals surface area contributed by atoms with Gasteiger partial charge in [-0.1, -0.05) is 6.92 Å². The minimum absolute atomic E-state index is 0.0469. The Hall–Kier alpha value is -2.70. The average Bonchev–Trinajstić information content (AvgIpc) is 3.51. The van der Waals surface area contributed by atoms with Gasteiger partial charge in [-0.3, -0.25) is 9.59 Å². The Morgan fingerprint density at radius 1 is 1.32 bits per heavy atom. The van der Waals surface area contributed by atoms with Crippen LogP contribution in [-0.4, -0.2) is 79.3 Å². The predicted molar refractivity (Wildman–Crippen MR) is 126 cm³/mol. The van der Waals surface area contributed by atoms with E-state index in [1.807, 2.05) is 6.07 Å². The second kappa shape index (κ2) is 8.21. The van der Waals surface area contributed by atoms with Gasteiger partial charge >= 0.3 is 0 Å². The number of nitrogens with zero attached hydrogens (tertiary/aromatic N) is 4. The molecule has 2 saturated heterocycles. The molecule has 1 aliphatic carbocycles. The Morgan fingerprint density at radius 2 is 2.09 bits per heavy atom. The monoisotopic (exact) mass is 490 g/mol. The molecular weight excluding hydrogens is 460 g/mol. The van der Waals surface area contributed by atoms with Gasteiger partial charge in [0, 0.05) is 39.2 Å². The summed E-state index contributed by atoms with van der Waals surface area (Å²) in [6, 6.07) is 1.88. The molecule has 11 nitrogen and oxygen atoms in total. The lowest BCUT2D eigenvalue weighted by atomic mass is 9.93. The number of methoxy groups -OCH3 is 1. The number of anilines is 2. The van der Waals surface area contributed by atoms with Gasteiger partial charge in [-0.15, -0.1) is 0 Å². The van der Waals surface area contributed by atoms with Gasteiger partial charge in [0.15, 0.2) is 0 Å². The van der Waals surface area contributed by atoms with Gasteiger partial charge in [0.2, 0.25) is 10.0 Å². The Bertz CT molecular complexity index is 1260. The van der Waals surface area contributed by atoms with Crippen LogP contribution in [0.1, 0.15) is 30.1 Å². The summed E-state index contributed by atoms with van der Waals surface area (Å²) >= 11 is 0. The number of primary amides is 1. The third kappa shape index (κ3) is 3.73. The van der Waals surface area contributed by atoms with E-state index in [9.17, 15) is 18.0 Å². The van der Waals surface area contributed by atoms with Crippen molar-refractivity contribution in [2.45, 2.75) is 31.9 Å². The van der Waals surface area contributed by atoms with E-state index in [1.165, 1.54) is 19.6 Å². The molecule has 1 saturated carbocycles. The highest BCUT2D eigenvalue weighted by molar-refractivity contribution is 7.88. The van der Waals surface area contributed by atoms with Crippen molar-refractivity contribution in [3.63, 3.8) is 0 Å². The van der Waals surface area contributed by atoms with E-state index >= 15 is 0 Å². The second-order valence-electron chi connectivity index (χ2n) is 9.68. The van der Waals surface area contributed by atoms with Crippen LogP contribution < -0.4 is 16.0 Å². The number of carbonyl (C=O) groups excluding carboxylic acids is 2. The predicted octanol–water partition coefficient (Wildman–Crippen LogP) is 0.513. The molecule has 2 amide bonds. The van der Waals surface area contributed by atoms with E-state index in [0.717, 1.165) is 6.42 Å². The van der Waals surface area contributed by atoms with Gasteiger partial charge in [-0.2, -0.15) is 5.10 Å². The van der Waals surface area contributed by atoms with Crippen LogP contribution in [0.2, 0.25) is 0 Å². The highest BCUT2D eigenvalue weighted by Gasteiger charge is 2.48. The first kappa shape index (κ1) is 23.1. The molecule has 3 N–H and O–H groups in total. The molecule has 1 unspecified atom stereocenters. The number of carbonyl (C=O) groups is 2. The Balaban J connectivity index is 1.45. The molecule has 5 atom stereocenters. The number of hydrogen-bond donors (Lipinski definition) is 2. The molecule has 3 aliphatic rings. The maximum Gasteiger partial charge on any atom is 0.256 e. The third-order valence-corrected chi connectivity index (χ3v) is 9.00. The van der Waals surface area contributed by atoms with Crippen molar-refractivity contribution in [1.82, 2.24) is 13.9 Å². The van der Waals surface area contributed by atoms with E-state index in [1.54, 1.807) is 19.9 Å². The number of nitrogens with two attached hydrogens (primary N) is 1. The molecule has 184 valence electrons. The van der Waals surface area contributed by atoms with Gasteiger partial charge < -0.3 is 20.7 Å². The van der Waals surface area contributed by atoms with Crippen molar-refractivity contribution in [3.8, 4) is 0 Å². The molecule has 5 rings (SSSR count). The summed E-state index contributed by atoms with van der Waals surface area (Å²) in [5.41, 5.74) is 7.88. The first-order chi connectivity index (χ1) is 16.1. The lowest BCUT2D eigenvalue weighted by molar-refractivity contribution is -0.125. The standard InChI is InChI=1S/C22H30N6O5S/c1-12-16-11-26(34(3,31)32)9-13(16)6-17(12)25-20-15(21(23)29)8-24-28-10-14(7-18(20)28)27-5-4-19(33-2)22(27)30/h7-8,10,12-13,16-17,19,25H,4-6,9,11H2,1-3H3,(H2,23,29)/t12-,13-,16-,17-,19?/m1/s1. The topological polar surface area (TPSA) is 139 Å². The summed E-state index contributed by atoms with van der Waals surface area (Å²) < 4.78 is 32.5. The molecule has 0 aromatic carbocycles. The largest absolute Gasteiger partial charge is 0.380 e. The van der Waals surface area contributed by atoms with Crippen molar-refractivity contribution < 1.29 is 22.7 Å². The maximum absolute atomic E-state index is 12.6. The van der Waals surface area contributed by atoms with Crippen molar-refractivity contribution >= 4 is 38.7 Å². The minimum atomic E-state index is -3.21. The highest BCUT2D eigenvalue weighted by Crippen LogP contribution is 2.44. The lowest BCUT2D eigenvalue weighted by Crippen LogP contribution is -2.33. The summed E-state index contributed by atoms with van der Waals surface area (Å²) in [6.45, 7) is 3.70. The Morgan fingerprint density at radius 3 is 2.71 bits per heavy atom. The van der Waals surface area contributed by atoms with Crippen LogP contribution in [0, 0.1) is 17.8 Å². The fraction of sp³-hybridized carbons (Fsp3) is 0.591. The Labute approximate surface area is 198 Å². The molecule has 34 heavy (non-hydrogen) atoms. The molecule has 0 spiro atoms. The quantitative estimate of drug-likeness (QED) is 0.601. The van der Waals surface area contributed by atoms with E-state index < -0.39 is 22.0 Å². The lowest BCUT2D eigenvalue weighted by Gasteiger charge is -2.25. The number of fused-ring (bicyclic) bond motifs is 2.